The van der Waals surface area contributed by atoms with Crippen molar-refractivity contribution in [2.24, 2.45) is 0 Å². The van der Waals surface area contributed by atoms with Gasteiger partial charge in [-0.05, 0) is 33.2 Å². The highest BCUT2D eigenvalue weighted by atomic mass is 16.6. The number of aromatic hydroxyl groups is 1. The first-order valence-corrected chi connectivity index (χ1v) is 7.61. The lowest BCUT2D eigenvalue weighted by molar-refractivity contribution is -0.385. The summed E-state index contributed by atoms with van der Waals surface area (Å²) >= 11 is 0. The molecule has 0 amide bonds. The molecule has 6 nitrogen and oxygen atoms in total. The third-order valence-electron chi connectivity index (χ3n) is 4.25. The van der Waals surface area contributed by atoms with Gasteiger partial charge in [-0.15, -0.1) is 0 Å². The first-order valence-electron chi connectivity index (χ1n) is 7.61. The Bertz CT molecular complexity index is 915. The Morgan fingerprint density at radius 3 is 2.58 bits per heavy atom. The lowest BCUT2D eigenvalue weighted by Crippen LogP contribution is -2.22. The molecule has 0 bridgehead atoms. The first-order chi connectivity index (χ1) is 11.4. The lowest BCUT2D eigenvalue weighted by atomic mass is 9.94. The maximum atomic E-state index is 11.1. The molecular formula is C18H19N3O3. The van der Waals surface area contributed by atoms with Gasteiger partial charge in [0.1, 0.15) is 5.75 Å². The Labute approximate surface area is 139 Å². The van der Waals surface area contributed by atoms with E-state index in [0.29, 0.717) is 5.56 Å². The second-order valence-corrected chi connectivity index (χ2v) is 6.08. The van der Waals surface area contributed by atoms with E-state index in [-0.39, 0.29) is 17.5 Å². The second-order valence-electron chi connectivity index (χ2n) is 6.08. The van der Waals surface area contributed by atoms with Crippen molar-refractivity contribution in [2.75, 3.05) is 14.1 Å². The number of phenolic OH excluding ortho intramolecular Hbond substituents is 1. The van der Waals surface area contributed by atoms with Crippen molar-refractivity contribution in [1.82, 2.24) is 9.88 Å². The molecule has 2 N–H and O–H groups in total. The molecule has 0 fully saturated rings. The summed E-state index contributed by atoms with van der Waals surface area (Å²) < 4.78 is 0. The molecule has 0 saturated heterocycles. The summed E-state index contributed by atoms with van der Waals surface area (Å²) in [6, 6.07) is 11.8. The topological polar surface area (TPSA) is 82.4 Å². The normalized spacial score (nSPS) is 12.7. The van der Waals surface area contributed by atoms with Crippen molar-refractivity contribution in [3.05, 3.63) is 69.4 Å². The predicted octanol–water partition coefficient (Wildman–Crippen LogP) is 3.74. The van der Waals surface area contributed by atoms with Crippen molar-refractivity contribution >= 4 is 16.6 Å². The molecule has 0 aliphatic rings. The zero-order chi connectivity index (χ0) is 17.4. The maximum Gasteiger partial charge on any atom is 0.270 e. The van der Waals surface area contributed by atoms with Crippen LogP contribution < -0.4 is 0 Å². The summed E-state index contributed by atoms with van der Waals surface area (Å²) in [5, 5.41) is 22.5. The van der Waals surface area contributed by atoms with Crippen LogP contribution in [-0.4, -0.2) is 34.0 Å². The highest BCUT2D eigenvalue weighted by molar-refractivity contribution is 5.85. The minimum absolute atomic E-state index is 0.0351. The van der Waals surface area contributed by atoms with Crippen LogP contribution in [0, 0.1) is 17.0 Å². The molecule has 3 aromatic rings. The molecule has 6 heteroatoms. The van der Waals surface area contributed by atoms with Gasteiger partial charge in [-0.3, -0.25) is 15.0 Å². The number of aromatic amines is 1. The van der Waals surface area contributed by atoms with Gasteiger partial charge in [0.25, 0.3) is 5.69 Å². The van der Waals surface area contributed by atoms with E-state index in [2.05, 4.69) is 4.98 Å². The van der Waals surface area contributed by atoms with E-state index < -0.39 is 4.92 Å². The van der Waals surface area contributed by atoms with Crippen LogP contribution in [0.15, 0.2) is 42.5 Å². The molecule has 1 aromatic heterocycles. The van der Waals surface area contributed by atoms with Crippen molar-refractivity contribution < 1.29 is 10.0 Å². The average Bonchev–Trinajstić information content (AvgIpc) is 2.85. The van der Waals surface area contributed by atoms with Gasteiger partial charge in [-0.2, -0.15) is 0 Å². The summed E-state index contributed by atoms with van der Waals surface area (Å²) in [5.41, 5.74) is 3.46. The highest BCUT2D eigenvalue weighted by Crippen LogP contribution is 2.39. The number of hydrogen-bond donors (Lipinski definition) is 2. The van der Waals surface area contributed by atoms with Crippen LogP contribution in [0.4, 0.5) is 5.69 Å². The van der Waals surface area contributed by atoms with E-state index in [1.165, 1.54) is 18.2 Å². The minimum Gasteiger partial charge on any atom is -0.508 e. The van der Waals surface area contributed by atoms with Gasteiger partial charge in [0.05, 0.1) is 11.0 Å². The van der Waals surface area contributed by atoms with Crippen LogP contribution in [-0.2, 0) is 0 Å². The van der Waals surface area contributed by atoms with Crippen molar-refractivity contribution in [3.8, 4) is 5.75 Å². The maximum absolute atomic E-state index is 11.1. The van der Waals surface area contributed by atoms with Gasteiger partial charge in [-0.25, -0.2) is 0 Å². The Kier molecular flexibility index (Phi) is 3.99. The summed E-state index contributed by atoms with van der Waals surface area (Å²) in [6.45, 7) is 1.97. The zero-order valence-electron chi connectivity index (χ0n) is 13.8. The Morgan fingerprint density at radius 1 is 1.21 bits per heavy atom. The lowest BCUT2D eigenvalue weighted by Gasteiger charge is -2.26. The van der Waals surface area contributed by atoms with E-state index in [0.717, 1.165) is 22.2 Å². The summed E-state index contributed by atoms with van der Waals surface area (Å²) in [5.74, 6) is 0.0454. The van der Waals surface area contributed by atoms with E-state index in [4.69, 9.17) is 0 Å². The largest absolute Gasteiger partial charge is 0.508 e. The number of non-ortho nitro benzene ring substituents is 1. The molecule has 2 aromatic carbocycles. The zero-order valence-corrected chi connectivity index (χ0v) is 13.8. The molecule has 124 valence electrons. The van der Waals surface area contributed by atoms with Gasteiger partial charge in [0.15, 0.2) is 0 Å². The van der Waals surface area contributed by atoms with Crippen molar-refractivity contribution in [3.63, 3.8) is 0 Å². The van der Waals surface area contributed by atoms with E-state index in [1.807, 2.05) is 50.2 Å². The molecule has 0 aliphatic carbocycles. The summed E-state index contributed by atoms with van der Waals surface area (Å²) in [6.07, 6.45) is 0. The number of rotatable bonds is 4. The van der Waals surface area contributed by atoms with Crippen LogP contribution in [0.2, 0.25) is 0 Å². The number of phenols is 1. The molecule has 24 heavy (non-hydrogen) atoms. The van der Waals surface area contributed by atoms with Crippen LogP contribution in [0.3, 0.4) is 0 Å². The van der Waals surface area contributed by atoms with Crippen LogP contribution in [0.1, 0.15) is 22.9 Å². The second kappa shape index (κ2) is 5.98. The fraction of sp³-hybridized carbons (Fsp3) is 0.222. The molecule has 0 radical (unpaired) electrons. The van der Waals surface area contributed by atoms with E-state index in [9.17, 15) is 15.2 Å². The highest BCUT2D eigenvalue weighted by Gasteiger charge is 2.26. The number of aromatic nitrogens is 1. The number of nitro benzene ring substituents is 1. The Balaban J connectivity index is 2.26. The fourth-order valence-corrected chi connectivity index (χ4v) is 3.22. The van der Waals surface area contributed by atoms with E-state index >= 15 is 0 Å². The molecule has 1 atom stereocenters. The fourth-order valence-electron chi connectivity index (χ4n) is 3.22. The number of fused-ring (bicyclic) bond motifs is 1. The van der Waals surface area contributed by atoms with Gasteiger partial charge >= 0.3 is 0 Å². The van der Waals surface area contributed by atoms with Crippen LogP contribution >= 0.6 is 0 Å². The van der Waals surface area contributed by atoms with Crippen LogP contribution in [0.5, 0.6) is 5.75 Å². The molecule has 0 spiro atoms. The molecule has 0 aliphatic heterocycles. The van der Waals surface area contributed by atoms with Gasteiger partial charge < -0.3 is 10.1 Å². The van der Waals surface area contributed by atoms with Gasteiger partial charge in [0.2, 0.25) is 0 Å². The summed E-state index contributed by atoms with van der Waals surface area (Å²) in [7, 11) is 3.79. The molecule has 0 saturated carbocycles. The molecular weight excluding hydrogens is 306 g/mol. The van der Waals surface area contributed by atoms with Gasteiger partial charge in [0, 0.05) is 39.9 Å². The monoisotopic (exact) mass is 325 g/mol. The number of H-pyrrole nitrogens is 1. The van der Waals surface area contributed by atoms with Crippen LogP contribution in [0.25, 0.3) is 10.9 Å². The van der Waals surface area contributed by atoms with E-state index in [1.54, 1.807) is 0 Å². The molecule has 1 unspecified atom stereocenters. The number of para-hydroxylation sites is 1. The average molecular weight is 325 g/mol. The predicted molar refractivity (Wildman–Crippen MR) is 93.3 cm³/mol. The quantitative estimate of drug-likeness (QED) is 0.565. The summed E-state index contributed by atoms with van der Waals surface area (Å²) in [4.78, 5) is 16.0. The van der Waals surface area contributed by atoms with Gasteiger partial charge in [-0.1, -0.05) is 18.2 Å². The molecule has 3 rings (SSSR count). The number of hydrogen-bond acceptors (Lipinski definition) is 4. The Hall–Kier alpha value is -2.86. The standard InChI is InChI=1S/C18H19N3O3/c1-11-17(13-6-4-5-7-15(13)19-11)18(20(2)3)14-10-12(21(23)24)8-9-16(14)22/h4-10,18-19,22H,1-3H3. The number of nitro groups is 1. The number of benzene rings is 2. The van der Waals surface area contributed by atoms with Crippen molar-refractivity contribution in [1.29, 1.82) is 0 Å². The van der Waals surface area contributed by atoms with Crippen molar-refractivity contribution in [2.45, 2.75) is 13.0 Å². The third-order valence-corrected chi connectivity index (χ3v) is 4.25. The minimum atomic E-state index is -0.447. The first kappa shape index (κ1) is 16.0. The Morgan fingerprint density at radius 2 is 1.92 bits per heavy atom. The smallest absolute Gasteiger partial charge is 0.270 e. The molecule has 1 heterocycles. The number of nitrogens with one attached hydrogen (secondary N) is 1. The number of nitrogens with zero attached hydrogens (tertiary/aromatic N) is 2. The SMILES string of the molecule is Cc1[nH]c2ccccc2c1C(c1cc([N+](=O)[O-])ccc1O)N(C)C. The number of aryl methyl sites for hydroxylation is 1. The third kappa shape index (κ3) is 2.61.